The van der Waals surface area contributed by atoms with Gasteiger partial charge in [0.1, 0.15) is 11.3 Å². The number of carbonyl (C=O) groups excluding carboxylic acids is 3. The zero-order chi connectivity index (χ0) is 25.3. The molecule has 2 rings (SSSR count). The highest BCUT2D eigenvalue weighted by Gasteiger charge is 2.23. The minimum Gasteiger partial charge on any atom is -0.444 e. The molecule has 9 heteroatoms. The molecular weight excluding hydrogens is 434 g/mol. The maximum Gasteiger partial charge on any atom is 0.411 e. The zero-order valence-electron chi connectivity index (χ0n) is 21.1. The molecule has 0 radical (unpaired) electrons. The summed E-state index contributed by atoms with van der Waals surface area (Å²) < 4.78 is 5.31. The Morgan fingerprint density at radius 3 is 2.50 bits per heavy atom. The fraction of sp³-hybridized carbons (Fsp3) is 0.520. The van der Waals surface area contributed by atoms with E-state index >= 15 is 0 Å². The summed E-state index contributed by atoms with van der Waals surface area (Å²) in [5.74, 6) is -0.346. The van der Waals surface area contributed by atoms with Crippen LogP contribution < -0.4 is 10.6 Å². The number of nitrogens with one attached hydrogen (secondary N) is 2. The minimum absolute atomic E-state index is 0.00253. The number of alkyl carbamates (subject to hydrolysis) is 1. The van der Waals surface area contributed by atoms with E-state index < -0.39 is 17.7 Å². The number of hydrogen-bond donors (Lipinski definition) is 2. The van der Waals surface area contributed by atoms with Crippen molar-refractivity contribution in [2.45, 2.75) is 58.7 Å². The van der Waals surface area contributed by atoms with Gasteiger partial charge in [0.05, 0.1) is 6.04 Å². The second kappa shape index (κ2) is 12.3. The third kappa shape index (κ3) is 9.35. The van der Waals surface area contributed by atoms with Gasteiger partial charge in [0.15, 0.2) is 0 Å². The number of allylic oxidation sites excluding steroid dienone is 2. The first-order valence-corrected chi connectivity index (χ1v) is 11.5. The molecule has 0 spiro atoms. The summed E-state index contributed by atoms with van der Waals surface area (Å²) in [6.07, 6.45) is 7.93. The lowest BCUT2D eigenvalue weighted by Gasteiger charge is -2.25. The predicted octanol–water partition coefficient (Wildman–Crippen LogP) is 2.85. The highest BCUT2D eigenvalue weighted by molar-refractivity contribution is 5.92. The number of carbonyl (C=O) groups is 3. The Balaban J connectivity index is 1.96. The second-order valence-electron chi connectivity index (χ2n) is 9.59. The van der Waals surface area contributed by atoms with Crippen molar-refractivity contribution >= 4 is 17.9 Å². The molecule has 0 saturated carbocycles. The van der Waals surface area contributed by atoms with E-state index in [-0.39, 0.29) is 17.5 Å². The van der Waals surface area contributed by atoms with Crippen LogP contribution in [0.5, 0.6) is 0 Å². The summed E-state index contributed by atoms with van der Waals surface area (Å²) in [6, 6.07) is 3.04. The molecular formula is C25H37N5O4. The molecule has 1 unspecified atom stereocenters. The summed E-state index contributed by atoms with van der Waals surface area (Å²) in [6.45, 7) is 8.92. The molecule has 1 aromatic rings. The fourth-order valence-corrected chi connectivity index (χ4v) is 3.35. The number of rotatable bonds is 9. The third-order valence-electron chi connectivity index (χ3n) is 5.02. The van der Waals surface area contributed by atoms with Crippen molar-refractivity contribution < 1.29 is 19.1 Å². The monoisotopic (exact) mass is 471 g/mol. The molecule has 0 aromatic carbocycles. The standard InChI is InChI=1S/C25H37N5O4/c1-18(31)30(15-9-14-29(5)6)17-19-12-13-22(26-16-19)23(32)27-20-10-7-8-11-21(20)28-24(33)34-25(2,3)4/h7-8,11-13,16,20H,9-10,14-15,17H2,1-6H3,(H,27,32)(H,28,33). The second-order valence-corrected chi connectivity index (χ2v) is 9.59. The lowest BCUT2D eigenvalue weighted by molar-refractivity contribution is -0.129. The van der Waals surface area contributed by atoms with Gasteiger partial charge in [-0.1, -0.05) is 18.2 Å². The van der Waals surface area contributed by atoms with Crippen LogP contribution in [0.2, 0.25) is 0 Å². The summed E-state index contributed by atoms with van der Waals surface area (Å²) in [5.41, 5.74) is 1.04. The number of hydrogen-bond acceptors (Lipinski definition) is 6. The van der Waals surface area contributed by atoms with Crippen molar-refractivity contribution in [3.63, 3.8) is 0 Å². The van der Waals surface area contributed by atoms with Crippen LogP contribution in [0.25, 0.3) is 0 Å². The van der Waals surface area contributed by atoms with E-state index in [0.717, 1.165) is 18.5 Å². The van der Waals surface area contributed by atoms with Gasteiger partial charge in [0.2, 0.25) is 5.91 Å². The normalized spacial score (nSPS) is 15.5. The molecule has 186 valence electrons. The van der Waals surface area contributed by atoms with Gasteiger partial charge in [-0.25, -0.2) is 4.79 Å². The molecule has 34 heavy (non-hydrogen) atoms. The first kappa shape index (κ1) is 27.0. The molecule has 0 aliphatic heterocycles. The van der Waals surface area contributed by atoms with Crippen LogP contribution >= 0.6 is 0 Å². The number of aromatic nitrogens is 1. The van der Waals surface area contributed by atoms with Crippen LogP contribution in [0.1, 0.15) is 56.6 Å². The summed E-state index contributed by atoms with van der Waals surface area (Å²) in [4.78, 5) is 45.1. The van der Waals surface area contributed by atoms with E-state index in [2.05, 4.69) is 20.5 Å². The van der Waals surface area contributed by atoms with E-state index in [0.29, 0.717) is 25.2 Å². The lowest BCUT2D eigenvalue weighted by atomic mass is 10.0. The van der Waals surface area contributed by atoms with Crippen LogP contribution in [0.4, 0.5) is 4.79 Å². The lowest BCUT2D eigenvalue weighted by Crippen LogP contribution is -2.43. The molecule has 1 heterocycles. The smallest absolute Gasteiger partial charge is 0.411 e. The highest BCUT2D eigenvalue weighted by atomic mass is 16.6. The van der Waals surface area contributed by atoms with Crippen molar-refractivity contribution in [3.8, 4) is 0 Å². The summed E-state index contributed by atoms with van der Waals surface area (Å²) >= 11 is 0. The predicted molar refractivity (Wildman–Crippen MR) is 131 cm³/mol. The van der Waals surface area contributed by atoms with Gasteiger partial charge in [-0.15, -0.1) is 0 Å². The zero-order valence-corrected chi connectivity index (χ0v) is 21.1. The van der Waals surface area contributed by atoms with Crippen molar-refractivity contribution in [1.29, 1.82) is 0 Å². The molecule has 2 N–H and O–H groups in total. The average Bonchev–Trinajstić information content (AvgIpc) is 2.73. The van der Waals surface area contributed by atoms with Crippen molar-refractivity contribution in [2.24, 2.45) is 0 Å². The Morgan fingerprint density at radius 1 is 1.18 bits per heavy atom. The quantitative estimate of drug-likeness (QED) is 0.574. The Kier molecular flexibility index (Phi) is 9.80. The van der Waals surface area contributed by atoms with E-state index in [4.69, 9.17) is 4.74 Å². The molecule has 1 aliphatic rings. The SMILES string of the molecule is CC(=O)N(CCCN(C)C)Cc1ccc(C(=O)NC2CC=CC=C2NC(=O)OC(C)(C)C)nc1. The van der Waals surface area contributed by atoms with Crippen molar-refractivity contribution in [1.82, 2.24) is 25.4 Å². The van der Waals surface area contributed by atoms with Crippen LogP contribution in [-0.4, -0.2) is 71.5 Å². The van der Waals surface area contributed by atoms with Crippen molar-refractivity contribution in [3.05, 3.63) is 53.5 Å². The molecule has 1 aromatic heterocycles. The Labute approximate surface area is 202 Å². The van der Waals surface area contributed by atoms with Crippen LogP contribution in [0, 0.1) is 0 Å². The maximum absolute atomic E-state index is 12.8. The molecule has 0 fully saturated rings. The maximum atomic E-state index is 12.8. The number of ether oxygens (including phenoxy) is 1. The first-order valence-electron chi connectivity index (χ1n) is 11.5. The molecule has 1 aliphatic carbocycles. The van der Waals surface area contributed by atoms with E-state index in [1.54, 1.807) is 57.0 Å². The van der Waals surface area contributed by atoms with Gasteiger partial charge in [-0.3, -0.25) is 19.9 Å². The molecule has 9 nitrogen and oxygen atoms in total. The first-order chi connectivity index (χ1) is 15.9. The minimum atomic E-state index is -0.621. The van der Waals surface area contributed by atoms with Gasteiger partial charge >= 0.3 is 6.09 Å². The summed E-state index contributed by atoms with van der Waals surface area (Å²) in [5, 5.41) is 5.63. The Morgan fingerprint density at radius 2 is 1.91 bits per heavy atom. The van der Waals surface area contributed by atoms with Crippen LogP contribution in [-0.2, 0) is 16.1 Å². The van der Waals surface area contributed by atoms with Gasteiger partial charge in [-0.05, 0) is 72.0 Å². The van der Waals surface area contributed by atoms with Gasteiger partial charge in [0.25, 0.3) is 5.91 Å². The van der Waals surface area contributed by atoms with Crippen molar-refractivity contribution in [2.75, 3.05) is 27.2 Å². The van der Waals surface area contributed by atoms with Gasteiger partial charge in [-0.2, -0.15) is 0 Å². The highest BCUT2D eigenvalue weighted by Crippen LogP contribution is 2.14. The van der Waals surface area contributed by atoms with Crippen LogP contribution in [0.15, 0.2) is 42.3 Å². The number of nitrogens with zero attached hydrogens (tertiary/aromatic N) is 3. The third-order valence-corrected chi connectivity index (χ3v) is 5.02. The molecule has 3 amide bonds. The van der Waals surface area contributed by atoms with E-state index in [9.17, 15) is 14.4 Å². The van der Waals surface area contributed by atoms with E-state index in [1.807, 2.05) is 26.2 Å². The average molecular weight is 472 g/mol. The topological polar surface area (TPSA) is 104 Å². The number of pyridine rings is 1. The molecule has 0 saturated heterocycles. The number of amides is 3. The largest absolute Gasteiger partial charge is 0.444 e. The van der Waals surface area contributed by atoms with Gasteiger partial charge < -0.3 is 19.9 Å². The Hall–Kier alpha value is -3.20. The van der Waals surface area contributed by atoms with Gasteiger partial charge in [0, 0.05) is 31.9 Å². The van der Waals surface area contributed by atoms with E-state index in [1.165, 1.54) is 0 Å². The Bertz CT molecular complexity index is 916. The molecule has 1 atom stereocenters. The molecule has 0 bridgehead atoms. The fourth-order valence-electron chi connectivity index (χ4n) is 3.35. The summed E-state index contributed by atoms with van der Waals surface area (Å²) in [7, 11) is 4.00. The van der Waals surface area contributed by atoms with Crippen LogP contribution in [0.3, 0.4) is 0 Å².